The van der Waals surface area contributed by atoms with Gasteiger partial charge in [-0.15, -0.1) is 0 Å². The van der Waals surface area contributed by atoms with E-state index in [2.05, 4.69) is 5.16 Å². The summed E-state index contributed by atoms with van der Waals surface area (Å²) in [6, 6.07) is 9.82. The van der Waals surface area contributed by atoms with Gasteiger partial charge in [-0.3, -0.25) is 0 Å². The summed E-state index contributed by atoms with van der Waals surface area (Å²) < 4.78 is 5.57. The Morgan fingerprint density at radius 3 is 2.87 bits per heavy atom. The lowest BCUT2D eigenvalue weighted by Gasteiger charge is -2.09. The average molecular weight is 205 g/mol. The molecule has 80 valence electrons. The zero-order valence-electron chi connectivity index (χ0n) is 8.85. The highest BCUT2D eigenvalue weighted by molar-refractivity contribution is 5.82. The molecule has 0 spiro atoms. The number of rotatable bonds is 4. The molecule has 0 aromatic heterocycles. The Hall–Kier alpha value is -1.51. The van der Waals surface area contributed by atoms with Crippen LogP contribution in [0.3, 0.4) is 0 Å². The molecule has 0 saturated carbocycles. The summed E-state index contributed by atoms with van der Waals surface area (Å²) in [5.74, 6) is 0.910. The van der Waals surface area contributed by atoms with Gasteiger partial charge in [0.2, 0.25) is 0 Å². The Morgan fingerprint density at radius 1 is 1.40 bits per heavy atom. The molecule has 0 fully saturated rings. The fraction of sp³-hybridized carbons (Fsp3) is 0.417. The molecule has 1 aliphatic rings. The van der Waals surface area contributed by atoms with Crippen molar-refractivity contribution in [3.8, 4) is 5.75 Å². The number of hydrogen-bond donors (Lipinski definition) is 0. The van der Waals surface area contributed by atoms with Gasteiger partial charge < -0.3 is 9.57 Å². The Kier molecular flexibility index (Phi) is 3.22. The van der Waals surface area contributed by atoms with Crippen LogP contribution < -0.4 is 4.74 Å². The second kappa shape index (κ2) is 4.82. The summed E-state index contributed by atoms with van der Waals surface area (Å²) >= 11 is 0. The Balaban J connectivity index is 1.68. The van der Waals surface area contributed by atoms with E-state index in [1.54, 1.807) is 0 Å². The van der Waals surface area contributed by atoms with Gasteiger partial charge in [-0.2, -0.15) is 0 Å². The van der Waals surface area contributed by atoms with Crippen molar-refractivity contribution in [2.45, 2.75) is 25.9 Å². The van der Waals surface area contributed by atoms with Crippen molar-refractivity contribution in [3.63, 3.8) is 0 Å². The van der Waals surface area contributed by atoms with E-state index in [4.69, 9.17) is 9.57 Å². The Morgan fingerprint density at radius 2 is 2.20 bits per heavy atom. The number of ether oxygens (including phenoxy) is 1. The van der Waals surface area contributed by atoms with E-state index in [1.807, 2.05) is 37.3 Å². The van der Waals surface area contributed by atoms with E-state index in [-0.39, 0.29) is 6.10 Å². The number of para-hydroxylation sites is 1. The van der Waals surface area contributed by atoms with Crippen LogP contribution in [-0.2, 0) is 4.84 Å². The van der Waals surface area contributed by atoms with Crippen LogP contribution in [0.25, 0.3) is 0 Å². The van der Waals surface area contributed by atoms with Crippen LogP contribution >= 0.6 is 0 Å². The van der Waals surface area contributed by atoms with Gasteiger partial charge >= 0.3 is 0 Å². The van der Waals surface area contributed by atoms with Gasteiger partial charge in [0.1, 0.15) is 11.9 Å². The van der Waals surface area contributed by atoms with Crippen LogP contribution in [0.5, 0.6) is 5.75 Å². The van der Waals surface area contributed by atoms with Gasteiger partial charge in [-0.1, -0.05) is 23.4 Å². The van der Waals surface area contributed by atoms with Gasteiger partial charge in [0, 0.05) is 12.8 Å². The molecular formula is C12H15NO2. The summed E-state index contributed by atoms with van der Waals surface area (Å²) in [5, 5.41) is 3.90. The molecule has 3 nitrogen and oxygen atoms in total. The molecule has 15 heavy (non-hydrogen) atoms. The average Bonchev–Trinajstić information content (AvgIpc) is 2.66. The number of benzene rings is 1. The summed E-state index contributed by atoms with van der Waals surface area (Å²) in [5.41, 5.74) is 1.07. The molecular weight excluding hydrogens is 190 g/mol. The predicted octanol–water partition coefficient (Wildman–Crippen LogP) is 2.62. The fourth-order valence-corrected chi connectivity index (χ4v) is 1.55. The number of nitrogens with zero attached hydrogens (tertiary/aromatic N) is 1. The summed E-state index contributed by atoms with van der Waals surface area (Å²) in [6.45, 7) is 2.66. The van der Waals surface area contributed by atoms with Crippen molar-refractivity contribution in [3.05, 3.63) is 30.3 Å². The standard InChI is InChI=1S/C12H15NO2/c1-10-9-12(15-13-10)7-8-14-11-5-3-2-4-6-11/h2-6,12H,7-9H2,1H3/t12-/m1/s1. The summed E-state index contributed by atoms with van der Waals surface area (Å²) in [7, 11) is 0. The molecule has 0 saturated heterocycles. The van der Waals surface area contributed by atoms with Gasteiger partial charge in [-0.05, 0) is 19.1 Å². The lowest BCUT2D eigenvalue weighted by molar-refractivity contribution is 0.0675. The second-order valence-corrected chi connectivity index (χ2v) is 3.71. The lowest BCUT2D eigenvalue weighted by atomic mass is 10.1. The van der Waals surface area contributed by atoms with Gasteiger partial charge in [0.05, 0.1) is 12.3 Å². The number of hydrogen-bond acceptors (Lipinski definition) is 3. The summed E-state index contributed by atoms with van der Waals surface area (Å²) in [6.07, 6.45) is 2.02. The van der Waals surface area contributed by atoms with E-state index in [1.165, 1.54) is 0 Å². The van der Waals surface area contributed by atoms with E-state index in [9.17, 15) is 0 Å². The molecule has 1 atom stereocenters. The quantitative estimate of drug-likeness (QED) is 0.756. The van der Waals surface area contributed by atoms with E-state index < -0.39 is 0 Å². The van der Waals surface area contributed by atoms with Gasteiger partial charge in [0.25, 0.3) is 0 Å². The van der Waals surface area contributed by atoms with E-state index in [0.29, 0.717) is 6.61 Å². The number of oxime groups is 1. The van der Waals surface area contributed by atoms with Crippen molar-refractivity contribution in [2.75, 3.05) is 6.61 Å². The first-order chi connectivity index (χ1) is 7.34. The first-order valence-corrected chi connectivity index (χ1v) is 5.22. The van der Waals surface area contributed by atoms with Crippen molar-refractivity contribution in [2.24, 2.45) is 5.16 Å². The minimum Gasteiger partial charge on any atom is -0.493 e. The van der Waals surface area contributed by atoms with Crippen LogP contribution in [0, 0.1) is 0 Å². The van der Waals surface area contributed by atoms with Crippen LogP contribution in [0.4, 0.5) is 0 Å². The fourth-order valence-electron chi connectivity index (χ4n) is 1.55. The molecule has 1 aromatic rings. The van der Waals surface area contributed by atoms with Gasteiger partial charge in [0.15, 0.2) is 0 Å². The Bertz CT molecular complexity index is 335. The largest absolute Gasteiger partial charge is 0.493 e. The molecule has 0 unspecified atom stereocenters. The highest BCUT2D eigenvalue weighted by Crippen LogP contribution is 2.15. The molecule has 1 aromatic carbocycles. The van der Waals surface area contributed by atoms with Crippen LogP contribution in [0.2, 0.25) is 0 Å². The molecule has 2 rings (SSSR count). The smallest absolute Gasteiger partial charge is 0.136 e. The van der Waals surface area contributed by atoms with Crippen LogP contribution in [-0.4, -0.2) is 18.4 Å². The van der Waals surface area contributed by atoms with Gasteiger partial charge in [-0.25, -0.2) is 0 Å². The zero-order valence-corrected chi connectivity index (χ0v) is 8.85. The van der Waals surface area contributed by atoms with Crippen molar-refractivity contribution >= 4 is 5.71 Å². The SMILES string of the molecule is CC1=NO[C@H](CCOc2ccccc2)C1. The monoisotopic (exact) mass is 205 g/mol. The molecule has 0 N–H and O–H groups in total. The predicted molar refractivity (Wildman–Crippen MR) is 59.2 cm³/mol. The minimum atomic E-state index is 0.203. The van der Waals surface area contributed by atoms with E-state index in [0.717, 1.165) is 24.3 Å². The minimum absolute atomic E-state index is 0.203. The molecule has 3 heteroatoms. The molecule has 0 amide bonds. The maximum Gasteiger partial charge on any atom is 0.136 e. The topological polar surface area (TPSA) is 30.8 Å². The molecule has 0 bridgehead atoms. The highest BCUT2D eigenvalue weighted by atomic mass is 16.6. The third-order valence-corrected chi connectivity index (χ3v) is 2.33. The maximum atomic E-state index is 5.57. The van der Waals surface area contributed by atoms with Crippen molar-refractivity contribution < 1.29 is 9.57 Å². The molecule has 0 radical (unpaired) electrons. The summed E-state index contributed by atoms with van der Waals surface area (Å²) in [4.78, 5) is 5.21. The highest BCUT2D eigenvalue weighted by Gasteiger charge is 2.17. The second-order valence-electron chi connectivity index (χ2n) is 3.71. The lowest BCUT2D eigenvalue weighted by Crippen LogP contribution is -2.12. The van der Waals surface area contributed by atoms with Crippen molar-refractivity contribution in [1.29, 1.82) is 0 Å². The molecule has 1 heterocycles. The van der Waals surface area contributed by atoms with E-state index >= 15 is 0 Å². The van der Waals surface area contributed by atoms with Crippen molar-refractivity contribution in [1.82, 2.24) is 0 Å². The third kappa shape index (κ3) is 2.98. The normalized spacial score (nSPS) is 19.5. The first-order valence-electron chi connectivity index (χ1n) is 5.22. The molecule has 1 aliphatic heterocycles. The third-order valence-electron chi connectivity index (χ3n) is 2.33. The van der Waals surface area contributed by atoms with Crippen LogP contribution in [0.15, 0.2) is 35.5 Å². The molecule has 0 aliphatic carbocycles. The Labute approximate surface area is 89.7 Å². The van der Waals surface area contributed by atoms with Crippen LogP contribution in [0.1, 0.15) is 19.8 Å². The zero-order chi connectivity index (χ0) is 10.5. The first kappa shape index (κ1) is 10.0. The maximum absolute atomic E-state index is 5.57.